The van der Waals surface area contributed by atoms with Crippen LogP contribution in [0.3, 0.4) is 0 Å². The van der Waals surface area contributed by atoms with Gasteiger partial charge < -0.3 is 10.1 Å². The number of halogens is 3. The van der Waals surface area contributed by atoms with Gasteiger partial charge in [0.1, 0.15) is 35.8 Å². The number of anilines is 2. The van der Waals surface area contributed by atoms with Gasteiger partial charge in [0.05, 0.1) is 30.1 Å². The van der Waals surface area contributed by atoms with Gasteiger partial charge in [-0.1, -0.05) is 23.7 Å². The zero-order valence-corrected chi connectivity index (χ0v) is 19.0. The molecule has 0 spiro atoms. The highest BCUT2D eigenvalue weighted by Crippen LogP contribution is 2.53. The first-order chi connectivity index (χ1) is 16.9. The Kier molecular flexibility index (Phi) is 4.79. The number of nitrogens with zero attached hydrogens (tertiary/aromatic N) is 3. The third-order valence-corrected chi connectivity index (χ3v) is 6.64. The fourth-order valence-electron chi connectivity index (χ4n) is 4.98. The second kappa shape index (κ2) is 7.78. The highest BCUT2D eigenvalue weighted by Gasteiger charge is 2.51. The number of ether oxygens (including phenoxy) is 1. The minimum absolute atomic E-state index is 0.166. The lowest BCUT2D eigenvalue weighted by molar-refractivity contribution is -0.115. The Morgan fingerprint density at radius 2 is 1.83 bits per heavy atom. The van der Waals surface area contributed by atoms with Gasteiger partial charge >= 0.3 is 6.03 Å². The molecule has 0 aromatic heterocycles. The largest absolute Gasteiger partial charge is 0.496 e. The predicted octanol–water partition coefficient (Wildman–Crippen LogP) is 5.06. The Morgan fingerprint density at radius 1 is 1.06 bits per heavy atom. The van der Waals surface area contributed by atoms with Crippen molar-refractivity contribution in [2.75, 3.05) is 23.9 Å². The van der Waals surface area contributed by atoms with Crippen molar-refractivity contribution in [1.29, 1.82) is 0 Å². The van der Waals surface area contributed by atoms with E-state index in [0.717, 1.165) is 5.56 Å². The lowest BCUT2D eigenvalue weighted by atomic mass is 9.89. The molecule has 3 aromatic rings. The molecule has 6 rings (SSSR count). The average molecular weight is 495 g/mol. The number of carbonyl (C=O) groups excluding carboxylic acids is 2. The molecule has 2 unspecified atom stereocenters. The van der Waals surface area contributed by atoms with Gasteiger partial charge in [0.15, 0.2) is 0 Å². The van der Waals surface area contributed by atoms with Gasteiger partial charge in [0, 0.05) is 10.6 Å². The first kappa shape index (κ1) is 21.5. The number of rotatable bonds is 3. The van der Waals surface area contributed by atoms with Gasteiger partial charge in [-0.3, -0.25) is 19.6 Å². The SMILES string of the molecule is COc1ccc(F)cc1C1=NC(c2ccc(Cl)cc2)C2c3cc(F)cc4c3N(CC(=O)N4)C(=O)N12. The molecule has 35 heavy (non-hydrogen) atoms. The van der Waals surface area contributed by atoms with Crippen molar-refractivity contribution >= 4 is 40.7 Å². The third kappa shape index (κ3) is 3.26. The average Bonchev–Trinajstić information content (AvgIpc) is 3.23. The Morgan fingerprint density at radius 3 is 2.57 bits per heavy atom. The van der Waals surface area contributed by atoms with E-state index in [-0.39, 0.29) is 23.6 Å². The quantitative estimate of drug-likeness (QED) is 0.553. The molecule has 7 nitrogen and oxygen atoms in total. The van der Waals surface area contributed by atoms with Gasteiger partial charge in [-0.05, 0) is 48.0 Å². The molecule has 0 bridgehead atoms. The van der Waals surface area contributed by atoms with Crippen LogP contribution < -0.4 is 15.0 Å². The summed E-state index contributed by atoms with van der Waals surface area (Å²) in [4.78, 5) is 33.7. The Hall–Kier alpha value is -3.98. The molecule has 1 N–H and O–H groups in total. The molecular weight excluding hydrogens is 478 g/mol. The second-order valence-corrected chi connectivity index (χ2v) is 8.85. The normalized spacial score (nSPS) is 20.3. The second-order valence-electron chi connectivity index (χ2n) is 8.42. The minimum Gasteiger partial charge on any atom is -0.496 e. The first-order valence-electron chi connectivity index (χ1n) is 10.8. The van der Waals surface area contributed by atoms with Crippen molar-refractivity contribution in [3.8, 4) is 5.75 Å². The summed E-state index contributed by atoms with van der Waals surface area (Å²) in [5.74, 6) is -1.07. The van der Waals surface area contributed by atoms with E-state index in [1.54, 1.807) is 24.3 Å². The Bertz CT molecular complexity index is 1440. The summed E-state index contributed by atoms with van der Waals surface area (Å²) in [6.45, 7) is -0.243. The molecule has 3 aliphatic rings. The van der Waals surface area contributed by atoms with E-state index in [2.05, 4.69) is 5.32 Å². The maximum absolute atomic E-state index is 14.8. The number of nitrogens with one attached hydrogen (secondary N) is 1. The molecule has 0 saturated heterocycles. The van der Waals surface area contributed by atoms with Crippen LogP contribution in [0.5, 0.6) is 5.75 Å². The number of benzene rings is 3. The van der Waals surface area contributed by atoms with Crippen LogP contribution >= 0.6 is 11.6 Å². The minimum atomic E-state index is -0.748. The van der Waals surface area contributed by atoms with Gasteiger partial charge in [0.2, 0.25) is 5.91 Å². The van der Waals surface area contributed by atoms with Crippen LogP contribution in [-0.2, 0) is 4.79 Å². The molecule has 0 fully saturated rings. The summed E-state index contributed by atoms with van der Waals surface area (Å²) in [6.07, 6.45) is 0. The molecule has 0 aliphatic carbocycles. The number of hydrogen-bond donors (Lipinski definition) is 1. The number of methoxy groups -OCH3 is 1. The van der Waals surface area contributed by atoms with E-state index in [9.17, 15) is 18.4 Å². The zero-order valence-electron chi connectivity index (χ0n) is 18.3. The van der Waals surface area contributed by atoms with E-state index in [1.807, 2.05) is 0 Å². The van der Waals surface area contributed by atoms with E-state index < -0.39 is 35.7 Å². The predicted molar refractivity (Wildman–Crippen MR) is 126 cm³/mol. The number of urea groups is 1. The zero-order chi connectivity index (χ0) is 24.4. The number of amides is 3. The van der Waals surface area contributed by atoms with Crippen molar-refractivity contribution in [3.05, 3.63) is 87.9 Å². The van der Waals surface area contributed by atoms with E-state index in [0.29, 0.717) is 22.0 Å². The molecule has 176 valence electrons. The van der Waals surface area contributed by atoms with Crippen LogP contribution in [0, 0.1) is 11.6 Å². The monoisotopic (exact) mass is 494 g/mol. The van der Waals surface area contributed by atoms with Gasteiger partial charge in [-0.25, -0.2) is 13.6 Å². The van der Waals surface area contributed by atoms with Crippen LogP contribution in [0.15, 0.2) is 59.6 Å². The molecule has 10 heteroatoms. The van der Waals surface area contributed by atoms with Crippen LogP contribution in [0.2, 0.25) is 5.02 Å². The van der Waals surface area contributed by atoms with Crippen LogP contribution in [0.25, 0.3) is 0 Å². The molecule has 3 aromatic carbocycles. The fraction of sp³-hybridized carbons (Fsp3) is 0.160. The maximum Gasteiger partial charge on any atom is 0.331 e. The van der Waals surface area contributed by atoms with Crippen molar-refractivity contribution in [1.82, 2.24) is 4.90 Å². The third-order valence-electron chi connectivity index (χ3n) is 6.39. The van der Waals surface area contributed by atoms with Crippen molar-refractivity contribution in [2.24, 2.45) is 4.99 Å². The highest BCUT2D eigenvalue weighted by atomic mass is 35.5. The molecule has 3 heterocycles. The summed E-state index contributed by atoms with van der Waals surface area (Å²) < 4.78 is 34.5. The molecular formula is C25H17ClF2N4O3. The molecule has 3 aliphatic heterocycles. The summed E-state index contributed by atoms with van der Waals surface area (Å²) in [5, 5.41) is 3.18. The van der Waals surface area contributed by atoms with Crippen molar-refractivity contribution in [2.45, 2.75) is 12.1 Å². The van der Waals surface area contributed by atoms with E-state index in [4.69, 9.17) is 21.3 Å². The van der Waals surface area contributed by atoms with E-state index >= 15 is 0 Å². The number of hydrogen-bond acceptors (Lipinski definition) is 4. The van der Waals surface area contributed by atoms with Gasteiger partial charge in [-0.2, -0.15) is 0 Å². The first-order valence-corrected chi connectivity index (χ1v) is 11.1. The number of fused-ring (bicyclic) bond motifs is 2. The summed E-state index contributed by atoms with van der Waals surface area (Å²) >= 11 is 6.09. The molecule has 0 saturated carbocycles. The Labute approximate surface area is 203 Å². The van der Waals surface area contributed by atoms with Crippen molar-refractivity contribution in [3.63, 3.8) is 0 Å². The number of carbonyl (C=O) groups is 2. The maximum atomic E-state index is 14.8. The van der Waals surface area contributed by atoms with E-state index in [1.165, 1.54) is 47.2 Å². The van der Waals surface area contributed by atoms with Crippen LogP contribution in [-0.4, -0.2) is 36.3 Å². The topological polar surface area (TPSA) is 74.2 Å². The molecule has 0 radical (unpaired) electrons. The van der Waals surface area contributed by atoms with Crippen LogP contribution in [0.4, 0.5) is 25.0 Å². The van der Waals surface area contributed by atoms with Gasteiger partial charge in [0.25, 0.3) is 0 Å². The molecule has 2 atom stereocenters. The van der Waals surface area contributed by atoms with Crippen molar-refractivity contribution < 1.29 is 23.1 Å². The number of amidine groups is 1. The van der Waals surface area contributed by atoms with Gasteiger partial charge in [-0.15, -0.1) is 0 Å². The smallest absolute Gasteiger partial charge is 0.331 e. The fourth-order valence-corrected chi connectivity index (χ4v) is 5.10. The molecule has 3 amide bonds. The lowest BCUT2D eigenvalue weighted by Gasteiger charge is -2.43. The van der Waals surface area contributed by atoms with Crippen LogP contribution in [0.1, 0.15) is 28.8 Å². The highest BCUT2D eigenvalue weighted by molar-refractivity contribution is 6.30. The summed E-state index contributed by atoms with van der Waals surface area (Å²) in [7, 11) is 1.43. The summed E-state index contributed by atoms with van der Waals surface area (Å²) in [5.41, 5.74) is 2.13. The standard InChI is InChI=1S/C25H17ClF2N4O3/c1-35-19-7-6-14(27)8-16(19)24-30-21(12-2-4-13(26)5-3-12)23-17-9-15(28)10-18-22(17)31(11-20(33)29-18)25(34)32(23)24/h2-10,21,23H,11H2,1H3,(H,29,33). The Balaban J connectivity index is 1.62. The number of aliphatic imine (C=N–C) groups is 1. The lowest BCUT2D eigenvalue weighted by Crippen LogP contribution is -2.54. The summed E-state index contributed by atoms with van der Waals surface area (Å²) in [6, 6.07) is 11.5.